The van der Waals surface area contributed by atoms with Crippen molar-refractivity contribution >= 4 is 68.0 Å². The van der Waals surface area contributed by atoms with E-state index >= 15 is 0 Å². The van der Waals surface area contributed by atoms with Crippen molar-refractivity contribution in [3.05, 3.63) is 78.2 Å². The van der Waals surface area contributed by atoms with Crippen molar-refractivity contribution in [1.29, 1.82) is 0 Å². The molecule has 0 atom stereocenters. The minimum atomic E-state index is -0.157. The van der Waals surface area contributed by atoms with Gasteiger partial charge in [0.05, 0.1) is 17.2 Å². The van der Waals surface area contributed by atoms with Gasteiger partial charge in [-0.3, -0.25) is 0 Å². The van der Waals surface area contributed by atoms with Crippen LogP contribution in [-0.2, 0) is 13.2 Å². The maximum atomic E-state index is 9.74. The van der Waals surface area contributed by atoms with Gasteiger partial charge >= 0.3 is 0 Å². The second kappa shape index (κ2) is 10.2. The minimum Gasteiger partial charge on any atom is -0.505 e. The summed E-state index contributed by atoms with van der Waals surface area (Å²) in [4.78, 5) is 0. The summed E-state index contributed by atoms with van der Waals surface area (Å²) in [5.74, 6) is 0.971. The second-order valence-corrected chi connectivity index (χ2v) is 8.74. The van der Waals surface area contributed by atoms with Crippen molar-refractivity contribution in [3.63, 3.8) is 0 Å². The van der Waals surface area contributed by atoms with Crippen LogP contribution in [0.25, 0.3) is 0 Å². The van der Waals surface area contributed by atoms with Crippen LogP contribution in [0.5, 0.6) is 17.2 Å². The number of methoxy groups -OCH3 is 1. The molecule has 0 bridgehead atoms. The molecular formula is C21H16BrCl4NO3. The van der Waals surface area contributed by atoms with E-state index in [9.17, 15) is 5.11 Å². The highest BCUT2D eigenvalue weighted by Crippen LogP contribution is 2.39. The summed E-state index contributed by atoms with van der Waals surface area (Å²) in [6, 6.07) is 12.1. The van der Waals surface area contributed by atoms with Crippen LogP contribution < -0.4 is 14.8 Å². The third kappa shape index (κ3) is 5.40. The van der Waals surface area contributed by atoms with Gasteiger partial charge in [0, 0.05) is 37.9 Å². The number of phenolic OH excluding ortho intramolecular Hbond substituents is 1. The van der Waals surface area contributed by atoms with Crippen molar-refractivity contribution in [2.75, 3.05) is 12.4 Å². The number of hydrogen-bond donors (Lipinski definition) is 2. The van der Waals surface area contributed by atoms with E-state index in [1.807, 2.05) is 12.1 Å². The quantitative estimate of drug-likeness (QED) is 0.292. The van der Waals surface area contributed by atoms with Crippen molar-refractivity contribution in [2.45, 2.75) is 13.2 Å². The Balaban J connectivity index is 1.86. The van der Waals surface area contributed by atoms with Crippen LogP contribution in [0.15, 0.2) is 46.9 Å². The van der Waals surface area contributed by atoms with Gasteiger partial charge in [-0.05, 0) is 36.4 Å². The summed E-state index contributed by atoms with van der Waals surface area (Å²) in [5.41, 5.74) is 2.25. The summed E-state index contributed by atoms with van der Waals surface area (Å²) in [7, 11) is 1.57. The monoisotopic (exact) mass is 549 g/mol. The van der Waals surface area contributed by atoms with Gasteiger partial charge in [0.15, 0.2) is 17.2 Å². The number of ether oxygens (including phenoxy) is 2. The number of benzene rings is 3. The fraction of sp³-hybridized carbons (Fsp3) is 0.143. The van der Waals surface area contributed by atoms with E-state index in [0.717, 1.165) is 15.6 Å². The maximum absolute atomic E-state index is 9.74. The van der Waals surface area contributed by atoms with E-state index in [4.69, 9.17) is 55.9 Å². The number of halogens is 5. The lowest BCUT2D eigenvalue weighted by Gasteiger charge is -2.18. The largest absolute Gasteiger partial charge is 0.505 e. The number of anilines is 1. The number of rotatable bonds is 7. The lowest BCUT2D eigenvalue weighted by Crippen LogP contribution is -2.06. The first kappa shape index (κ1) is 23.2. The predicted octanol–water partition coefficient (Wildman–Crippen LogP) is 7.97. The molecule has 0 heterocycles. The van der Waals surface area contributed by atoms with Crippen LogP contribution in [0.4, 0.5) is 5.69 Å². The summed E-state index contributed by atoms with van der Waals surface area (Å²) in [6.45, 7) is 0.603. The van der Waals surface area contributed by atoms with Gasteiger partial charge in [-0.15, -0.1) is 0 Å². The number of aromatic hydroxyl groups is 1. The van der Waals surface area contributed by atoms with Crippen LogP contribution in [0, 0.1) is 0 Å². The Bertz CT molecular complexity index is 1060. The Morgan fingerprint density at radius 1 is 0.967 bits per heavy atom. The van der Waals surface area contributed by atoms with Gasteiger partial charge in [0.25, 0.3) is 0 Å². The van der Waals surface area contributed by atoms with Crippen molar-refractivity contribution in [1.82, 2.24) is 0 Å². The molecule has 2 N–H and O–H groups in total. The van der Waals surface area contributed by atoms with Crippen LogP contribution in [-0.4, -0.2) is 12.2 Å². The zero-order valence-corrected chi connectivity index (χ0v) is 20.2. The molecule has 0 aliphatic heterocycles. The summed E-state index contributed by atoms with van der Waals surface area (Å²) < 4.78 is 12.4. The van der Waals surface area contributed by atoms with Crippen LogP contribution in [0.3, 0.4) is 0 Å². The highest BCUT2D eigenvalue weighted by Gasteiger charge is 2.16. The van der Waals surface area contributed by atoms with E-state index in [0.29, 0.717) is 33.8 Å². The molecule has 0 aromatic heterocycles. The van der Waals surface area contributed by atoms with E-state index in [1.54, 1.807) is 37.4 Å². The Morgan fingerprint density at radius 3 is 2.30 bits per heavy atom. The van der Waals surface area contributed by atoms with Crippen LogP contribution in [0.1, 0.15) is 11.1 Å². The molecular weight excluding hydrogens is 536 g/mol. The first-order chi connectivity index (χ1) is 14.3. The van der Waals surface area contributed by atoms with E-state index < -0.39 is 0 Å². The molecule has 0 amide bonds. The fourth-order valence-electron chi connectivity index (χ4n) is 2.71. The topological polar surface area (TPSA) is 50.7 Å². The van der Waals surface area contributed by atoms with Gasteiger partial charge in [-0.25, -0.2) is 0 Å². The molecule has 0 aliphatic carbocycles. The molecule has 9 heteroatoms. The molecule has 0 spiro atoms. The summed E-state index contributed by atoms with van der Waals surface area (Å²) >= 11 is 27.8. The minimum absolute atomic E-state index is 0.156. The second-order valence-electron chi connectivity index (χ2n) is 6.22. The van der Waals surface area contributed by atoms with E-state index in [2.05, 4.69) is 21.2 Å². The van der Waals surface area contributed by atoms with Gasteiger partial charge in [0.2, 0.25) is 0 Å². The number of phenols is 1. The molecule has 0 unspecified atom stereocenters. The van der Waals surface area contributed by atoms with Gasteiger partial charge in [-0.1, -0.05) is 68.4 Å². The average molecular weight is 552 g/mol. The van der Waals surface area contributed by atoms with Gasteiger partial charge < -0.3 is 19.9 Å². The third-order valence-corrected chi connectivity index (χ3v) is 6.17. The highest BCUT2D eigenvalue weighted by atomic mass is 79.9. The standard InChI is InChI=1S/C21H16BrCl4NO3/c1-29-19-5-4-15(22)14(9-27-13-7-17(25)20(28)18(26)8-13)21(19)30-10-11-2-3-12(23)6-16(11)24/h2-8,27-28H,9-10H2,1H3. The molecule has 0 radical (unpaired) electrons. The third-order valence-electron chi connectivity index (χ3n) is 4.26. The van der Waals surface area contributed by atoms with E-state index in [-0.39, 0.29) is 22.4 Å². The SMILES string of the molecule is COc1ccc(Br)c(CNc2cc(Cl)c(O)c(Cl)c2)c1OCc1ccc(Cl)cc1Cl. The molecule has 30 heavy (non-hydrogen) atoms. The Kier molecular flexibility index (Phi) is 7.88. The molecule has 3 rings (SSSR count). The predicted molar refractivity (Wildman–Crippen MR) is 127 cm³/mol. The molecule has 0 fully saturated rings. The molecule has 0 saturated heterocycles. The highest BCUT2D eigenvalue weighted by molar-refractivity contribution is 9.10. The normalized spacial score (nSPS) is 10.7. The molecule has 158 valence electrons. The smallest absolute Gasteiger partial charge is 0.167 e. The molecule has 0 aliphatic rings. The lowest BCUT2D eigenvalue weighted by molar-refractivity contribution is 0.281. The maximum Gasteiger partial charge on any atom is 0.167 e. The molecule has 0 saturated carbocycles. The van der Waals surface area contributed by atoms with Gasteiger partial charge in [0.1, 0.15) is 6.61 Å². The first-order valence-corrected chi connectivity index (χ1v) is 10.9. The van der Waals surface area contributed by atoms with Crippen molar-refractivity contribution < 1.29 is 14.6 Å². The molecule has 3 aromatic carbocycles. The number of hydrogen-bond acceptors (Lipinski definition) is 4. The first-order valence-electron chi connectivity index (χ1n) is 8.64. The Labute approximate surface area is 202 Å². The average Bonchev–Trinajstić information content (AvgIpc) is 2.70. The Hall–Kier alpha value is -1.50. The summed E-state index contributed by atoms with van der Waals surface area (Å²) in [5, 5.41) is 14.4. The zero-order chi connectivity index (χ0) is 21.8. The van der Waals surface area contributed by atoms with E-state index in [1.165, 1.54) is 0 Å². The zero-order valence-electron chi connectivity index (χ0n) is 15.6. The van der Waals surface area contributed by atoms with Crippen molar-refractivity contribution in [3.8, 4) is 17.2 Å². The molecule has 3 aromatic rings. The summed E-state index contributed by atoms with van der Waals surface area (Å²) in [6.07, 6.45) is 0. The lowest BCUT2D eigenvalue weighted by atomic mass is 10.1. The van der Waals surface area contributed by atoms with Crippen LogP contribution in [0.2, 0.25) is 20.1 Å². The molecule has 4 nitrogen and oxygen atoms in total. The van der Waals surface area contributed by atoms with Crippen molar-refractivity contribution in [2.24, 2.45) is 0 Å². The Morgan fingerprint density at radius 2 is 1.67 bits per heavy atom. The van der Waals surface area contributed by atoms with Gasteiger partial charge in [-0.2, -0.15) is 0 Å². The number of nitrogens with one attached hydrogen (secondary N) is 1. The van der Waals surface area contributed by atoms with Crippen LogP contribution >= 0.6 is 62.3 Å². The fourth-order valence-corrected chi connectivity index (χ4v) is 4.12.